The molecule has 80 valence electrons. The molecule has 0 radical (unpaired) electrons. The lowest BCUT2D eigenvalue weighted by atomic mass is 10.2. The second kappa shape index (κ2) is 5.23. The number of aliphatic hydroxyl groups excluding tert-OH is 2. The summed E-state index contributed by atoms with van der Waals surface area (Å²) in [5.41, 5.74) is 0. The molecule has 0 aromatic carbocycles. The van der Waals surface area contributed by atoms with Crippen molar-refractivity contribution < 1.29 is 10.2 Å². The van der Waals surface area contributed by atoms with Crippen molar-refractivity contribution >= 4 is 16.7 Å². The zero-order valence-corrected chi connectivity index (χ0v) is 9.08. The van der Waals surface area contributed by atoms with Gasteiger partial charge in [-0.2, -0.15) is 4.37 Å². The molecule has 0 aliphatic rings. The van der Waals surface area contributed by atoms with E-state index in [4.69, 9.17) is 10.2 Å². The number of hydrogen-bond donors (Lipinski definition) is 3. The zero-order valence-electron chi connectivity index (χ0n) is 8.27. The Bertz CT molecular complexity index is 277. The van der Waals surface area contributed by atoms with Crippen LogP contribution in [0.5, 0.6) is 0 Å². The highest BCUT2D eigenvalue weighted by Crippen LogP contribution is 2.16. The van der Waals surface area contributed by atoms with E-state index in [9.17, 15) is 0 Å². The number of nitrogens with one attached hydrogen (secondary N) is 1. The van der Waals surface area contributed by atoms with Crippen LogP contribution in [-0.4, -0.2) is 38.8 Å². The van der Waals surface area contributed by atoms with Crippen LogP contribution in [0.15, 0.2) is 0 Å². The van der Waals surface area contributed by atoms with E-state index in [1.54, 1.807) is 0 Å². The van der Waals surface area contributed by atoms with Crippen LogP contribution in [0.25, 0.3) is 0 Å². The third-order valence-electron chi connectivity index (χ3n) is 1.66. The van der Waals surface area contributed by atoms with Gasteiger partial charge in [-0.25, -0.2) is 4.98 Å². The highest BCUT2D eigenvalue weighted by atomic mass is 32.1. The minimum atomic E-state index is -0.749. The molecule has 1 aromatic heterocycles. The Hall–Kier alpha value is -0.720. The first-order chi connectivity index (χ1) is 6.63. The third-order valence-corrected chi connectivity index (χ3v) is 2.34. The highest BCUT2D eigenvalue weighted by Gasteiger charge is 2.08. The van der Waals surface area contributed by atoms with Crippen molar-refractivity contribution in [1.82, 2.24) is 9.36 Å². The molecule has 0 saturated carbocycles. The predicted molar refractivity (Wildman–Crippen MR) is 55.6 cm³/mol. The van der Waals surface area contributed by atoms with Gasteiger partial charge in [0.25, 0.3) is 0 Å². The molecule has 3 N–H and O–H groups in total. The summed E-state index contributed by atoms with van der Waals surface area (Å²) in [4.78, 5) is 4.22. The molecular formula is C8H15N3O2S. The Morgan fingerprint density at radius 2 is 2.21 bits per heavy atom. The second-order valence-electron chi connectivity index (χ2n) is 3.33. The molecule has 0 amide bonds. The molecule has 1 atom stereocenters. The normalized spacial score (nSPS) is 13.2. The van der Waals surface area contributed by atoms with Crippen molar-refractivity contribution in [3.05, 3.63) is 5.82 Å². The first-order valence-corrected chi connectivity index (χ1v) is 5.27. The Morgan fingerprint density at radius 1 is 1.50 bits per heavy atom. The standard InChI is InChI=1S/C8H15N3O2S/c1-5(2)7-10-8(14-11-7)9-3-6(13)4-12/h5-6,12-13H,3-4H2,1-2H3,(H,9,10,11). The number of anilines is 1. The van der Waals surface area contributed by atoms with Gasteiger partial charge in [0.1, 0.15) is 5.82 Å². The SMILES string of the molecule is CC(C)c1nsc(NCC(O)CO)n1. The lowest BCUT2D eigenvalue weighted by molar-refractivity contribution is 0.105. The molecule has 0 spiro atoms. The fourth-order valence-electron chi connectivity index (χ4n) is 0.811. The van der Waals surface area contributed by atoms with E-state index in [-0.39, 0.29) is 6.61 Å². The van der Waals surface area contributed by atoms with Crippen molar-refractivity contribution in [1.29, 1.82) is 0 Å². The average molecular weight is 217 g/mol. The average Bonchev–Trinajstić information content (AvgIpc) is 2.62. The van der Waals surface area contributed by atoms with E-state index in [0.717, 1.165) is 5.82 Å². The molecule has 6 heteroatoms. The first-order valence-electron chi connectivity index (χ1n) is 4.50. The van der Waals surface area contributed by atoms with Crippen molar-refractivity contribution in [3.8, 4) is 0 Å². The fraction of sp³-hybridized carbons (Fsp3) is 0.750. The summed E-state index contributed by atoms with van der Waals surface area (Å²) in [5.74, 6) is 1.11. The Labute approximate surface area is 87.0 Å². The molecule has 0 aliphatic heterocycles. The van der Waals surface area contributed by atoms with Gasteiger partial charge in [-0.15, -0.1) is 0 Å². The summed E-state index contributed by atoms with van der Waals surface area (Å²) < 4.78 is 4.14. The van der Waals surface area contributed by atoms with Gasteiger partial charge in [0.2, 0.25) is 5.13 Å². The maximum atomic E-state index is 9.08. The Balaban J connectivity index is 2.44. The van der Waals surface area contributed by atoms with Crippen LogP contribution in [0.2, 0.25) is 0 Å². The number of aromatic nitrogens is 2. The Morgan fingerprint density at radius 3 is 2.71 bits per heavy atom. The largest absolute Gasteiger partial charge is 0.394 e. The maximum absolute atomic E-state index is 9.08. The van der Waals surface area contributed by atoms with Crippen LogP contribution in [0, 0.1) is 0 Å². The smallest absolute Gasteiger partial charge is 0.202 e. The minimum absolute atomic E-state index is 0.247. The van der Waals surface area contributed by atoms with Crippen LogP contribution < -0.4 is 5.32 Å². The molecule has 5 nitrogen and oxygen atoms in total. The maximum Gasteiger partial charge on any atom is 0.202 e. The Kier molecular flexibility index (Phi) is 4.24. The van der Waals surface area contributed by atoms with Crippen LogP contribution in [0.1, 0.15) is 25.6 Å². The molecule has 0 aliphatic carbocycles. The summed E-state index contributed by atoms with van der Waals surface area (Å²) in [7, 11) is 0. The van der Waals surface area contributed by atoms with Crippen LogP contribution in [0.3, 0.4) is 0 Å². The highest BCUT2D eigenvalue weighted by molar-refractivity contribution is 7.09. The summed E-state index contributed by atoms with van der Waals surface area (Å²) >= 11 is 1.27. The zero-order chi connectivity index (χ0) is 10.6. The van der Waals surface area contributed by atoms with Gasteiger partial charge < -0.3 is 15.5 Å². The van der Waals surface area contributed by atoms with E-state index in [2.05, 4.69) is 14.7 Å². The van der Waals surface area contributed by atoms with Crippen LogP contribution >= 0.6 is 11.5 Å². The number of rotatable bonds is 5. The molecule has 1 rings (SSSR count). The molecule has 0 fully saturated rings. The number of aliphatic hydroxyl groups is 2. The van der Waals surface area contributed by atoms with Crippen molar-refractivity contribution in [2.24, 2.45) is 0 Å². The van der Waals surface area contributed by atoms with Crippen LogP contribution in [0.4, 0.5) is 5.13 Å². The lowest BCUT2D eigenvalue weighted by Gasteiger charge is -2.06. The van der Waals surface area contributed by atoms with Gasteiger partial charge in [-0.05, 0) is 0 Å². The predicted octanol–water partition coefficient (Wildman–Crippen LogP) is 0.427. The van der Waals surface area contributed by atoms with Gasteiger partial charge in [-0.3, -0.25) is 0 Å². The third kappa shape index (κ3) is 3.21. The quantitative estimate of drug-likeness (QED) is 0.666. The summed E-state index contributed by atoms with van der Waals surface area (Å²) in [5, 5.41) is 21.2. The summed E-state index contributed by atoms with van der Waals surface area (Å²) in [6.45, 7) is 4.09. The minimum Gasteiger partial charge on any atom is -0.394 e. The molecule has 0 saturated heterocycles. The van der Waals surface area contributed by atoms with Gasteiger partial charge in [-0.1, -0.05) is 13.8 Å². The van der Waals surface area contributed by atoms with Gasteiger partial charge >= 0.3 is 0 Å². The number of hydrogen-bond acceptors (Lipinski definition) is 6. The monoisotopic (exact) mass is 217 g/mol. The lowest BCUT2D eigenvalue weighted by Crippen LogP contribution is -2.22. The van der Waals surface area contributed by atoms with E-state index in [0.29, 0.717) is 17.6 Å². The topological polar surface area (TPSA) is 78.3 Å². The van der Waals surface area contributed by atoms with Gasteiger partial charge in [0.05, 0.1) is 12.7 Å². The van der Waals surface area contributed by atoms with Gasteiger partial charge in [0, 0.05) is 24.0 Å². The van der Waals surface area contributed by atoms with Crippen molar-refractivity contribution in [3.63, 3.8) is 0 Å². The molecule has 1 heterocycles. The molecule has 1 unspecified atom stereocenters. The van der Waals surface area contributed by atoms with Crippen LogP contribution in [-0.2, 0) is 0 Å². The van der Waals surface area contributed by atoms with E-state index >= 15 is 0 Å². The number of nitrogens with zero attached hydrogens (tertiary/aromatic N) is 2. The van der Waals surface area contributed by atoms with Gasteiger partial charge in [0.15, 0.2) is 0 Å². The second-order valence-corrected chi connectivity index (χ2v) is 4.08. The molecule has 1 aromatic rings. The van der Waals surface area contributed by atoms with E-state index in [1.165, 1.54) is 11.5 Å². The van der Waals surface area contributed by atoms with Crippen molar-refractivity contribution in [2.45, 2.75) is 25.9 Å². The summed E-state index contributed by atoms with van der Waals surface area (Å²) in [6.07, 6.45) is -0.749. The van der Waals surface area contributed by atoms with E-state index in [1.807, 2.05) is 13.8 Å². The van der Waals surface area contributed by atoms with E-state index < -0.39 is 6.10 Å². The fourth-order valence-corrected chi connectivity index (χ4v) is 1.52. The molecule has 14 heavy (non-hydrogen) atoms. The van der Waals surface area contributed by atoms with Crippen molar-refractivity contribution in [2.75, 3.05) is 18.5 Å². The summed E-state index contributed by atoms with van der Waals surface area (Å²) in [6, 6.07) is 0. The molecule has 0 bridgehead atoms. The molecular weight excluding hydrogens is 202 g/mol. The first kappa shape index (κ1) is 11.4.